The van der Waals surface area contributed by atoms with E-state index in [0.29, 0.717) is 6.07 Å². The van der Waals surface area contributed by atoms with Gasteiger partial charge in [0.05, 0.1) is 12.1 Å². The molecule has 0 heterocycles. The van der Waals surface area contributed by atoms with Gasteiger partial charge in [-0.2, -0.15) is 0 Å². The third-order valence-electron chi connectivity index (χ3n) is 2.26. The van der Waals surface area contributed by atoms with Crippen LogP contribution in [0.3, 0.4) is 0 Å². The second-order valence-electron chi connectivity index (χ2n) is 5.29. The lowest BCUT2D eigenvalue weighted by Gasteiger charge is -2.19. The predicted octanol–water partition coefficient (Wildman–Crippen LogP) is 2.79. The normalized spacial score (nSPS) is 11.0. The lowest BCUT2D eigenvalue weighted by atomic mass is 10.2. The first kappa shape index (κ1) is 17.8. The summed E-state index contributed by atoms with van der Waals surface area (Å²) in [5.41, 5.74) is -1.40. The van der Waals surface area contributed by atoms with Crippen molar-refractivity contribution in [3.63, 3.8) is 0 Å². The number of ether oxygens (including phenoxy) is 2. The van der Waals surface area contributed by atoms with Crippen LogP contribution in [0.4, 0.5) is 18.0 Å². The van der Waals surface area contributed by atoms with Crippen LogP contribution in [0.5, 0.6) is 0 Å². The monoisotopic (exact) mass is 319 g/mol. The first-order valence-corrected chi connectivity index (χ1v) is 6.39. The highest BCUT2D eigenvalue weighted by atomic mass is 19.2. The van der Waals surface area contributed by atoms with Crippen LogP contribution in [0.1, 0.15) is 31.1 Å². The molecule has 22 heavy (non-hydrogen) atoms. The summed E-state index contributed by atoms with van der Waals surface area (Å²) in [7, 11) is 0. The average molecular weight is 319 g/mol. The Balaban J connectivity index is 2.45. The summed E-state index contributed by atoms with van der Waals surface area (Å²) in [6.07, 6.45) is -0.706. The fourth-order valence-corrected chi connectivity index (χ4v) is 1.37. The third-order valence-corrected chi connectivity index (χ3v) is 2.26. The van der Waals surface area contributed by atoms with Gasteiger partial charge in [-0.3, -0.25) is 0 Å². The molecule has 0 aliphatic heterocycles. The van der Waals surface area contributed by atoms with Gasteiger partial charge in [-0.15, -0.1) is 0 Å². The Morgan fingerprint density at radius 1 is 1.14 bits per heavy atom. The topological polar surface area (TPSA) is 64.6 Å². The predicted molar refractivity (Wildman–Crippen MR) is 70.8 cm³/mol. The Hall–Kier alpha value is -2.25. The van der Waals surface area contributed by atoms with E-state index >= 15 is 0 Å². The molecular formula is C14H16F3NO4. The van der Waals surface area contributed by atoms with Crippen LogP contribution in [-0.2, 0) is 9.47 Å². The van der Waals surface area contributed by atoms with Gasteiger partial charge in [-0.1, -0.05) is 0 Å². The van der Waals surface area contributed by atoms with E-state index in [-0.39, 0.29) is 13.2 Å². The van der Waals surface area contributed by atoms with Crippen molar-refractivity contribution >= 4 is 12.1 Å². The molecule has 0 aliphatic carbocycles. The fourth-order valence-electron chi connectivity index (χ4n) is 1.37. The van der Waals surface area contributed by atoms with E-state index < -0.39 is 40.7 Å². The molecule has 0 spiro atoms. The average Bonchev–Trinajstić information content (AvgIpc) is 2.39. The molecule has 0 saturated carbocycles. The van der Waals surface area contributed by atoms with E-state index in [4.69, 9.17) is 4.74 Å². The van der Waals surface area contributed by atoms with Crippen LogP contribution in [0.2, 0.25) is 0 Å². The number of halogens is 3. The zero-order chi connectivity index (χ0) is 16.9. The van der Waals surface area contributed by atoms with E-state index in [1.165, 1.54) is 0 Å². The van der Waals surface area contributed by atoms with Gasteiger partial charge in [0.25, 0.3) is 0 Å². The van der Waals surface area contributed by atoms with Crippen LogP contribution >= 0.6 is 0 Å². The minimum atomic E-state index is -1.75. The van der Waals surface area contributed by atoms with Gasteiger partial charge in [0, 0.05) is 0 Å². The summed E-state index contributed by atoms with van der Waals surface area (Å²) in [6.45, 7) is 4.68. The Kier molecular flexibility index (Phi) is 5.78. The number of rotatable bonds is 4. The number of alkyl carbamates (subject to hydrolysis) is 1. The van der Waals surface area contributed by atoms with Crippen molar-refractivity contribution in [3.05, 3.63) is 35.1 Å². The second-order valence-corrected chi connectivity index (χ2v) is 5.29. The highest BCUT2D eigenvalue weighted by Crippen LogP contribution is 2.15. The maximum Gasteiger partial charge on any atom is 0.407 e. The van der Waals surface area contributed by atoms with Crippen molar-refractivity contribution in [3.8, 4) is 0 Å². The third kappa shape index (κ3) is 5.27. The quantitative estimate of drug-likeness (QED) is 0.526. The molecule has 1 amide bonds. The SMILES string of the molecule is CC(C)(C)OC(=O)NCCOC(=O)c1ccc(F)c(F)c1F. The van der Waals surface area contributed by atoms with Gasteiger partial charge in [0.1, 0.15) is 12.2 Å². The number of hydrogen-bond acceptors (Lipinski definition) is 4. The number of benzene rings is 1. The largest absolute Gasteiger partial charge is 0.460 e. The summed E-state index contributed by atoms with van der Waals surface area (Å²) in [5, 5.41) is 2.31. The van der Waals surface area contributed by atoms with Gasteiger partial charge < -0.3 is 14.8 Å². The van der Waals surface area contributed by atoms with Gasteiger partial charge in [-0.25, -0.2) is 22.8 Å². The van der Waals surface area contributed by atoms with E-state index in [1.54, 1.807) is 20.8 Å². The van der Waals surface area contributed by atoms with Crippen molar-refractivity contribution in [2.75, 3.05) is 13.2 Å². The molecule has 0 unspecified atom stereocenters. The van der Waals surface area contributed by atoms with Crippen molar-refractivity contribution < 1.29 is 32.2 Å². The number of carbonyl (C=O) groups is 2. The minimum Gasteiger partial charge on any atom is -0.460 e. The summed E-state index contributed by atoms with van der Waals surface area (Å²) >= 11 is 0. The van der Waals surface area contributed by atoms with Crippen LogP contribution in [0, 0.1) is 17.5 Å². The Labute approximate surface area is 125 Å². The maximum atomic E-state index is 13.3. The van der Waals surface area contributed by atoms with Crippen LogP contribution in [0.15, 0.2) is 12.1 Å². The van der Waals surface area contributed by atoms with Crippen LogP contribution < -0.4 is 5.32 Å². The minimum absolute atomic E-state index is 0.0774. The van der Waals surface area contributed by atoms with Gasteiger partial charge in [0.15, 0.2) is 17.5 Å². The van der Waals surface area contributed by atoms with E-state index in [9.17, 15) is 22.8 Å². The summed E-state index contributed by atoms with van der Waals surface area (Å²) in [4.78, 5) is 22.8. The zero-order valence-corrected chi connectivity index (χ0v) is 12.3. The molecular weight excluding hydrogens is 303 g/mol. The van der Waals surface area contributed by atoms with Crippen molar-refractivity contribution in [2.24, 2.45) is 0 Å². The molecule has 0 bridgehead atoms. The number of esters is 1. The maximum absolute atomic E-state index is 13.3. The molecule has 122 valence electrons. The van der Waals surface area contributed by atoms with E-state index in [0.717, 1.165) is 6.07 Å². The molecule has 1 N–H and O–H groups in total. The summed E-state index contributed by atoms with van der Waals surface area (Å²) in [5.74, 6) is -5.94. The molecule has 0 aromatic heterocycles. The molecule has 5 nitrogen and oxygen atoms in total. The first-order valence-electron chi connectivity index (χ1n) is 6.39. The van der Waals surface area contributed by atoms with Gasteiger partial charge in [0.2, 0.25) is 0 Å². The van der Waals surface area contributed by atoms with Crippen molar-refractivity contribution in [2.45, 2.75) is 26.4 Å². The highest BCUT2D eigenvalue weighted by Gasteiger charge is 2.20. The smallest absolute Gasteiger partial charge is 0.407 e. The Morgan fingerprint density at radius 3 is 2.36 bits per heavy atom. The lowest BCUT2D eigenvalue weighted by molar-refractivity contribution is 0.0430. The molecule has 1 aromatic rings. The molecule has 1 rings (SSSR count). The second kappa shape index (κ2) is 7.15. The van der Waals surface area contributed by atoms with E-state index in [2.05, 4.69) is 10.1 Å². The Morgan fingerprint density at radius 2 is 1.77 bits per heavy atom. The molecule has 0 saturated heterocycles. The molecule has 1 aromatic carbocycles. The molecule has 0 radical (unpaired) electrons. The van der Waals surface area contributed by atoms with Crippen LogP contribution in [0.25, 0.3) is 0 Å². The number of carbonyl (C=O) groups excluding carboxylic acids is 2. The number of nitrogens with one attached hydrogen (secondary N) is 1. The van der Waals surface area contributed by atoms with Crippen molar-refractivity contribution in [1.82, 2.24) is 5.32 Å². The molecule has 0 fully saturated rings. The Bertz CT molecular complexity index is 570. The van der Waals surface area contributed by atoms with E-state index in [1.807, 2.05) is 0 Å². The lowest BCUT2D eigenvalue weighted by Crippen LogP contribution is -2.34. The number of hydrogen-bond donors (Lipinski definition) is 1. The van der Waals surface area contributed by atoms with Crippen molar-refractivity contribution in [1.29, 1.82) is 0 Å². The first-order chi connectivity index (χ1) is 10.1. The molecule has 0 atom stereocenters. The summed E-state index contributed by atoms with van der Waals surface area (Å²) in [6, 6.07) is 1.39. The molecule has 0 aliphatic rings. The zero-order valence-electron chi connectivity index (χ0n) is 12.3. The highest BCUT2D eigenvalue weighted by molar-refractivity contribution is 5.89. The van der Waals surface area contributed by atoms with Gasteiger partial charge in [-0.05, 0) is 32.9 Å². The fraction of sp³-hybridized carbons (Fsp3) is 0.429. The van der Waals surface area contributed by atoms with Gasteiger partial charge >= 0.3 is 12.1 Å². The van der Waals surface area contributed by atoms with Crippen LogP contribution in [-0.4, -0.2) is 30.8 Å². The molecule has 8 heteroatoms. The number of amides is 1. The summed E-state index contributed by atoms with van der Waals surface area (Å²) < 4.78 is 48.6. The standard InChI is InChI=1S/C14H16F3NO4/c1-14(2,3)22-13(20)18-6-7-21-12(19)8-4-5-9(15)11(17)10(8)16/h4-5H,6-7H2,1-3H3,(H,18,20).